The van der Waals surface area contributed by atoms with E-state index in [9.17, 15) is 4.79 Å². The normalized spacial score (nSPS) is 10.9. The van der Waals surface area contributed by atoms with Crippen LogP contribution in [0.3, 0.4) is 0 Å². The molecular formula is C19H21N5OS. The number of aromatic amines is 1. The minimum atomic E-state index is -0.0463. The molecule has 6 nitrogen and oxygen atoms in total. The van der Waals surface area contributed by atoms with Crippen LogP contribution in [0.15, 0.2) is 53.4 Å². The lowest BCUT2D eigenvalue weighted by Gasteiger charge is -2.28. The van der Waals surface area contributed by atoms with Gasteiger partial charge >= 0.3 is 0 Å². The number of nitrogens with one attached hydrogen (secondary N) is 1. The third-order valence-electron chi connectivity index (χ3n) is 4.11. The molecule has 0 saturated heterocycles. The van der Waals surface area contributed by atoms with Crippen molar-refractivity contribution in [1.82, 2.24) is 25.5 Å². The standard InChI is InChI=1S/C19H21N5OS/c1-13(2)24(12-14-7-6-8-15(11-14)26-3)19(25)17-10-5-4-9-16(17)18-20-22-23-21-18/h4-11,13H,12H2,1-3H3,(H,20,21,22,23). The number of nitrogens with zero attached hydrogens (tertiary/aromatic N) is 4. The fourth-order valence-corrected chi connectivity index (χ4v) is 3.24. The second-order valence-corrected chi connectivity index (χ2v) is 7.04. The number of benzene rings is 2. The smallest absolute Gasteiger partial charge is 0.255 e. The number of rotatable bonds is 6. The van der Waals surface area contributed by atoms with Crippen molar-refractivity contribution in [3.05, 3.63) is 59.7 Å². The highest BCUT2D eigenvalue weighted by Gasteiger charge is 2.23. The molecule has 134 valence electrons. The summed E-state index contributed by atoms with van der Waals surface area (Å²) in [6.45, 7) is 4.59. The van der Waals surface area contributed by atoms with Gasteiger partial charge in [-0.1, -0.05) is 30.3 Å². The van der Waals surface area contributed by atoms with Crippen LogP contribution in [0.5, 0.6) is 0 Å². The summed E-state index contributed by atoms with van der Waals surface area (Å²) in [5.74, 6) is 0.372. The van der Waals surface area contributed by atoms with Gasteiger partial charge in [-0.3, -0.25) is 4.79 Å². The van der Waals surface area contributed by atoms with Crippen molar-refractivity contribution in [1.29, 1.82) is 0 Å². The summed E-state index contributed by atoms with van der Waals surface area (Å²) in [5.41, 5.74) is 2.36. The third-order valence-corrected chi connectivity index (χ3v) is 4.84. The molecule has 0 aliphatic carbocycles. The molecule has 7 heteroatoms. The van der Waals surface area contributed by atoms with Crippen LogP contribution in [0.1, 0.15) is 29.8 Å². The molecular weight excluding hydrogens is 346 g/mol. The quantitative estimate of drug-likeness (QED) is 0.673. The number of carbonyl (C=O) groups is 1. The number of amides is 1. The maximum Gasteiger partial charge on any atom is 0.255 e. The van der Waals surface area contributed by atoms with Gasteiger partial charge in [0.25, 0.3) is 5.91 Å². The van der Waals surface area contributed by atoms with Crippen LogP contribution in [-0.2, 0) is 6.54 Å². The zero-order chi connectivity index (χ0) is 18.5. The molecule has 0 fully saturated rings. The number of thioether (sulfide) groups is 1. The van der Waals surface area contributed by atoms with Gasteiger partial charge in [0.2, 0.25) is 5.82 Å². The van der Waals surface area contributed by atoms with Crippen molar-refractivity contribution in [3.63, 3.8) is 0 Å². The van der Waals surface area contributed by atoms with Gasteiger partial charge in [-0.15, -0.1) is 22.0 Å². The number of tetrazole rings is 1. The Morgan fingerprint density at radius 3 is 2.69 bits per heavy atom. The zero-order valence-electron chi connectivity index (χ0n) is 15.0. The Morgan fingerprint density at radius 1 is 1.19 bits per heavy atom. The van der Waals surface area contributed by atoms with E-state index in [1.54, 1.807) is 11.8 Å². The molecule has 2 aromatic carbocycles. The van der Waals surface area contributed by atoms with E-state index in [1.807, 2.05) is 61.4 Å². The van der Waals surface area contributed by atoms with Crippen LogP contribution in [0.2, 0.25) is 0 Å². The summed E-state index contributed by atoms with van der Waals surface area (Å²) in [6.07, 6.45) is 2.05. The average molecular weight is 367 g/mol. The van der Waals surface area contributed by atoms with Crippen molar-refractivity contribution in [2.24, 2.45) is 0 Å². The lowest BCUT2D eigenvalue weighted by atomic mass is 10.0. The molecule has 0 aliphatic heterocycles. The molecule has 0 bridgehead atoms. The Morgan fingerprint density at radius 2 is 2.00 bits per heavy atom. The van der Waals surface area contributed by atoms with Gasteiger partial charge in [-0.05, 0) is 49.1 Å². The van der Waals surface area contributed by atoms with Gasteiger partial charge in [0.05, 0.1) is 5.56 Å². The molecule has 0 saturated carbocycles. The van der Waals surface area contributed by atoms with Crippen LogP contribution < -0.4 is 0 Å². The van der Waals surface area contributed by atoms with Gasteiger partial charge in [-0.25, -0.2) is 0 Å². The van der Waals surface area contributed by atoms with E-state index in [1.165, 1.54) is 4.90 Å². The van der Waals surface area contributed by atoms with Crippen molar-refractivity contribution in [2.75, 3.05) is 6.26 Å². The van der Waals surface area contributed by atoms with Gasteiger partial charge in [0.15, 0.2) is 0 Å². The molecule has 1 N–H and O–H groups in total. The van der Waals surface area contributed by atoms with Crippen LogP contribution in [0.4, 0.5) is 0 Å². The molecule has 1 heterocycles. The van der Waals surface area contributed by atoms with Crippen molar-refractivity contribution >= 4 is 17.7 Å². The van der Waals surface area contributed by atoms with E-state index in [0.717, 1.165) is 5.56 Å². The highest BCUT2D eigenvalue weighted by molar-refractivity contribution is 7.98. The molecule has 0 atom stereocenters. The molecule has 3 rings (SSSR count). The number of hydrogen-bond acceptors (Lipinski definition) is 5. The first-order valence-electron chi connectivity index (χ1n) is 8.37. The minimum Gasteiger partial charge on any atom is -0.332 e. The fourth-order valence-electron chi connectivity index (χ4n) is 2.75. The largest absolute Gasteiger partial charge is 0.332 e. The summed E-state index contributed by atoms with van der Waals surface area (Å²) in [6, 6.07) is 15.7. The summed E-state index contributed by atoms with van der Waals surface area (Å²) in [5, 5.41) is 14.1. The molecule has 1 aromatic heterocycles. The summed E-state index contributed by atoms with van der Waals surface area (Å²) in [4.78, 5) is 16.3. The van der Waals surface area contributed by atoms with Crippen molar-refractivity contribution in [3.8, 4) is 11.4 Å². The molecule has 3 aromatic rings. The molecule has 0 aliphatic rings. The number of H-pyrrole nitrogens is 1. The lowest BCUT2D eigenvalue weighted by molar-refractivity contribution is 0.0691. The molecule has 0 unspecified atom stereocenters. The van der Waals surface area contributed by atoms with Gasteiger partial charge in [0.1, 0.15) is 0 Å². The van der Waals surface area contributed by atoms with Gasteiger partial charge in [-0.2, -0.15) is 5.21 Å². The first-order valence-corrected chi connectivity index (χ1v) is 9.59. The van der Waals surface area contributed by atoms with E-state index in [2.05, 4.69) is 32.8 Å². The second-order valence-electron chi connectivity index (χ2n) is 6.16. The summed E-state index contributed by atoms with van der Waals surface area (Å²) < 4.78 is 0. The summed E-state index contributed by atoms with van der Waals surface area (Å²) >= 11 is 1.69. The topological polar surface area (TPSA) is 74.8 Å². The van der Waals surface area contributed by atoms with Gasteiger partial charge in [0, 0.05) is 23.0 Å². The molecule has 1 amide bonds. The monoisotopic (exact) mass is 367 g/mol. The third kappa shape index (κ3) is 3.94. The van der Waals surface area contributed by atoms with E-state index >= 15 is 0 Å². The highest BCUT2D eigenvalue weighted by Crippen LogP contribution is 2.23. The van der Waals surface area contributed by atoms with Crippen LogP contribution >= 0.6 is 11.8 Å². The Balaban J connectivity index is 1.93. The maximum atomic E-state index is 13.3. The van der Waals surface area contributed by atoms with E-state index in [4.69, 9.17) is 0 Å². The Hall–Kier alpha value is -2.67. The SMILES string of the molecule is CSc1cccc(CN(C(=O)c2ccccc2-c2nn[nH]n2)C(C)C)c1. The minimum absolute atomic E-state index is 0.0463. The Bertz CT molecular complexity index is 879. The van der Waals surface area contributed by atoms with Crippen LogP contribution in [0.25, 0.3) is 11.4 Å². The molecule has 26 heavy (non-hydrogen) atoms. The fraction of sp³-hybridized carbons (Fsp3) is 0.263. The average Bonchev–Trinajstić information content (AvgIpc) is 3.20. The summed E-state index contributed by atoms with van der Waals surface area (Å²) in [7, 11) is 0. The predicted molar refractivity (Wildman–Crippen MR) is 103 cm³/mol. The predicted octanol–water partition coefficient (Wildman–Crippen LogP) is 3.64. The maximum absolute atomic E-state index is 13.3. The Kier molecular flexibility index (Phi) is 5.68. The molecule has 0 spiro atoms. The number of carbonyl (C=O) groups excluding carboxylic acids is 1. The second kappa shape index (κ2) is 8.14. The van der Waals surface area contributed by atoms with Gasteiger partial charge < -0.3 is 4.90 Å². The Labute approximate surface area is 157 Å². The van der Waals surface area contributed by atoms with Crippen molar-refractivity contribution < 1.29 is 4.79 Å². The first-order chi connectivity index (χ1) is 12.6. The van der Waals surface area contributed by atoms with E-state index in [0.29, 0.717) is 23.5 Å². The van der Waals surface area contributed by atoms with E-state index in [-0.39, 0.29) is 11.9 Å². The number of aromatic nitrogens is 4. The highest BCUT2D eigenvalue weighted by atomic mass is 32.2. The zero-order valence-corrected chi connectivity index (χ0v) is 15.8. The number of hydrogen-bond donors (Lipinski definition) is 1. The lowest BCUT2D eigenvalue weighted by Crippen LogP contribution is -2.36. The van der Waals surface area contributed by atoms with Crippen LogP contribution in [0, 0.1) is 0 Å². The van der Waals surface area contributed by atoms with Crippen molar-refractivity contribution in [2.45, 2.75) is 31.3 Å². The molecule has 0 radical (unpaired) electrons. The van der Waals surface area contributed by atoms with E-state index < -0.39 is 0 Å². The van der Waals surface area contributed by atoms with Crippen LogP contribution in [-0.4, -0.2) is 43.7 Å². The first kappa shape index (κ1) is 18.1.